The number of hydrogen-bond acceptors (Lipinski definition) is 5. The van der Waals surface area contributed by atoms with E-state index in [0.717, 1.165) is 13.0 Å². The number of benzene rings is 1. The monoisotopic (exact) mass is 370 g/mol. The van der Waals surface area contributed by atoms with E-state index in [-0.39, 0.29) is 17.9 Å². The second-order valence-electron chi connectivity index (χ2n) is 6.85. The number of rotatable bonds is 5. The smallest absolute Gasteiger partial charge is 0.259 e. The molecule has 1 fully saturated rings. The third-order valence-corrected chi connectivity index (χ3v) is 5.11. The van der Waals surface area contributed by atoms with Crippen LogP contribution in [0.15, 0.2) is 34.9 Å². The van der Waals surface area contributed by atoms with Gasteiger partial charge in [-0.25, -0.2) is 0 Å². The lowest BCUT2D eigenvalue weighted by Crippen LogP contribution is -2.60. The average molecular weight is 370 g/mol. The van der Waals surface area contributed by atoms with E-state index in [1.807, 2.05) is 18.2 Å². The summed E-state index contributed by atoms with van der Waals surface area (Å²) in [5.74, 6) is 0.322. The largest absolute Gasteiger partial charge is 0.361 e. The highest BCUT2D eigenvalue weighted by Crippen LogP contribution is 2.19. The molecule has 144 valence electrons. The van der Waals surface area contributed by atoms with E-state index in [0.29, 0.717) is 36.7 Å². The molecule has 2 aromatic rings. The Morgan fingerprint density at radius 1 is 1.22 bits per heavy atom. The topological polar surface area (TPSA) is 78.7 Å². The van der Waals surface area contributed by atoms with Crippen molar-refractivity contribution in [2.24, 2.45) is 0 Å². The summed E-state index contributed by atoms with van der Waals surface area (Å²) < 4.78 is 5.12. The molecule has 0 radical (unpaired) electrons. The van der Waals surface area contributed by atoms with Crippen molar-refractivity contribution in [3.8, 4) is 0 Å². The number of carbonyl (C=O) groups is 2. The number of nitrogens with one attached hydrogen (secondary N) is 1. The van der Waals surface area contributed by atoms with Crippen molar-refractivity contribution in [1.82, 2.24) is 20.3 Å². The first kappa shape index (κ1) is 19.1. The fourth-order valence-corrected chi connectivity index (χ4v) is 3.55. The number of aromatic nitrogens is 1. The van der Waals surface area contributed by atoms with Crippen molar-refractivity contribution >= 4 is 11.8 Å². The maximum absolute atomic E-state index is 12.9. The van der Waals surface area contributed by atoms with Gasteiger partial charge in [0, 0.05) is 33.2 Å². The van der Waals surface area contributed by atoms with Gasteiger partial charge in [-0.05, 0) is 25.8 Å². The Hall–Kier alpha value is -2.67. The molecular formula is C20H26N4O3. The lowest BCUT2D eigenvalue weighted by molar-refractivity contribution is -0.127. The highest BCUT2D eigenvalue weighted by Gasteiger charge is 2.35. The third-order valence-electron chi connectivity index (χ3n) is 5.11. The summed E-state index contributed by atoms with van der Waals surface area (Å²) in [6.45, 7) is 5.85. The fraction of sp³-hybridized carbons (Fsp3) is 0.450. The van der Waals surface area contributed by atoms with Crippen molar-refractivity contribution in [3.63, 3.8) is 0 Å². The minimum atomic E-state index is -0.364. The molecule has 0 aliphatic carbocycles. The summed E-state index contributed by atoms with van der Waals surface area (Å²) in [6.07, 6.45) is 0.867. The Labute approximate surface area is 159 Å². The maximum Gasteiger partial charge on any atom is 0.259 e. The molecule has 1 N–H and O–H groups in total. The second kappa shape index (κ2) is 8.35. The first-order valence-corrected chi connectivity index (χ1v) is 9.23. The standard InChI is InChI=1S/C20H26N4O3/c1-14-18(15(2)27-22-14)20(26)24-12-11-23(17(13-24)19(25)21-3)10-9-16-7-5-4-6-8-16/h4-8,17H,9-13H2,1-3H3,(H,21,25)/t17-/m0/s1. The molecule has 1 atom stereocenters. The Bertz CT molecular complexity index is 783. The highest BCUT2D eigenvalue weighted by atomic mass is 16.5. The minimum Gasteiger partial charge on any atom is -0.361 e. The fourth-order valence-electron chi connectivity index (χ4n) is 3.55. The van der Waals surface area contributed by atoms with Crippen LogP contribution >= 0.6 is 0 Å². The van der Waals surface area contributed by atoms with Crippen molar-refractivity contribution in [3.05, 3.63) is 52.9 Å². The van der Waals surface area contributed by atoms with E-state index in [1.165, 1.54) is 5.56 Å². The number of hydrogen-bond donors (Lipinski definition) is 1. The predicted octanol–water partition coefficient (Wildman–Crippen LogP) is 1.41. The minimum absolute atomic E-state index is 0.0701. The van der Waals surface area contributed by atoms with Gasteiger partial charge in [-0.2, -0.15) is 0 Å². The molecule has 0 saturated carbocycles. The van der Waals surface area contributed by atoms with Gasteiger partial charge < -0.3 is 14.7 Å². The van der Waals surface area contributed by atoms with Gasteiger partial charge in [0.05, 0.1) is 5.69 Å². The van der Waals surface area contributed by atoms with Gasteiger partial charge in [-0.1, -0.05) is 35.5 Å². The van der Waals surface area contributed by atoms with Crippen molar-refractivity contribution < 1.29 is 14.1 Å². The molecule has 3 rings (SSSR count). The molecule has 0 bridgehead atoms. The van der Waals surface area contributed by atoms with E-state index < -0.39 is 0 Å². The molecule has 0 unspecified atom stereocenters. The van der Waals surface area contributed by atoms with Crippen LogP contribution in [0.25, 0.3) is 0 Å². The third kappa shape index (κ3) is 4.19. The van der Waals surface area contributed by atoms with Crippen molar-refractivity contribution in [1.29, 1.82) is 0 Å². The molecule has 0 spiro atoms. The Balaban J connectivity index is 1.71. The van der Waals surface area contributed by atoms with Crippen molar-refractivity contribution in [2.45, 2.75) is 26.3 Å². The number of likely N-dealkylation sites (N-methyl/N-ethyl adjacent to an activating group) is 1. The molecular weight excluding hydrogens is 344 g/mol. The predicted molar refractivity (Wildman–Crippen MR) is 101 cm³/mol. The first-order valence-electron chi connectivity index (χ1n) is 9.23. The Morgan fingerprint density at radius 2 is 1.96 bits per heavy atom. The van der Waals surface area contributed by atoms with Gasteiger partial charge in [0.1, 0.15) is 17.4 Å². The van der Waals surface area contributed by atoms with Crippen LogP contribution in [-0.4, -0.2) is 66.0 Å². The van der Waals surface area contributed by atoms with Gasteiger partial charge in [-0.3, -0.25) is 14.5 Å². The zero-order valence-corrected chi connectivity index (χ0v) is 16.1. The number of amides is 2. The van der Waals surface area contributed by atoms with Gasteiger partial charge in [-0.15, -0.1) is 0 Å². The lowest BCUT2D eigenvalue weighted by Gasteiger charge is -2.40. The van der Waals surface area contributed by atoms with Crippen LogP contribution in [0.5, 0.6) is 0 Å². The number of nitrogens with zero attached hydrogens (tertiary/aromatic N) is 3. The summed E-state index contributed by atoms with van der Waals surface area (Å²) in [5, 5.41) is 6.60. The average Bonchev–Trinajstić information content (AvgIpc) is 3.04. The Kier molecular flexibility index (Phi) is 5.91. The van der Waals surface area contributed by atoms with E-state index in [1.54, 1.807) is 25.8 Å². The van der Waals surface area contributed by atoms with Crippen LogP contribution in [0.4, 0.5) is 0 Å². The molecule has 1 aliphatic heterocycles. The van der Waals surface area contributed by atoms with Crippen molar-refractivity contribution in [2.75, 3.05) is 33.2 Å². The van der Waals surface area contributed by atoms with Gasteiger partial charge in [0.2, 0.25) is 5.91 Å². The Morgan fingerprint density at radius 3 is 2.59 bits per heavy atom. The highest BCUT2D eigenvalue weighted by molar-refractivity contribution is 5.96. The first-order chi connectivity index (χ1) is 13.0. The van der Waals surface area contributed by atoms with Gasteiger partial charge in [0.15, 0.2) is 0 Å². The van der Waals surface area contributed by atoms with Gasteiger partial charge >= 0.3 is 0 Å². The lowest BCUT2D eigenvalue weighted by atomic mass is 10.1. The van der Waals surface area contributed by atoms with Crippen LogP contribution in [0.3, 0.4) is 0 Å². The number of piperazine rings is 1. The second-order valence-corrected chi connectivity index (χ2v) is 6.85. The van der Waals surface area contributed by atoms with E-state index in [9.17, 15) is 9.59 Å². The molecule has 2 amide bonds. The molecule has 1 aromatic heterocycles. The molecule has 7 nitrogen and oxygen atoms in total. The van der Waals surface area contributed by atoms with Crippen LogP contribution < -0.4 is 5.32 Å². The summed E-state index contributed by atoms with van der Waals surface area (Å²) in [5.41, 5.74) is 2.33. The summed E-state index contributed by atoms with van der Waals surface area (Å²) >= 11 is 0. The van der Waals surface area contributed by atoms with Crippen LogP contribution in [0.1, 0.15) is 27.4 Å². The molecule has 1 aliphatic rings. The van der Waals surface area contributed by atoms with Crippen LogP contribution in [0.2, 0.25) is 0 Å². The van der Waals surface area contributed by atoms with Gasteiger partial charge in [0.25, 0.3) is 5.91 Å². The summed E-state index contributed by atoms with van der Waals surface area (Å²) in [4.78, 5) is 29.3. The molecule has 2 heterocycles. The molecule has 7 heteroatoms. The quantitative estimate of drug-likeness (QED) is 0.861. The zero-order valence-electron chi connectivity index (χ0n) is 16.1. The van der Waals surface area contributed by atoms with Crippen LogP contribution in [0, 0.1) is 13.8 Å². The zero-order chi connectivity index (χ0) is 19.4. The van der Waals surface area contributed by atoms with E-state index in [2.05, 4.69) is 27.5 Å². The maximum atomic E-state index is 12.9. The molecule has 1 aromatic carbocycles. The molecule has 27 heavy (non-hydrogen) atoms. The van der Waals surface area contributed by atoms with Crippen LogP contribution in [-0.2, 0) is 11.2 Å². The molecule has 1 saturated heterocycles. The summed E-state index contributed by atoms with van der Waals surface area (Å²) in [6, 6.07) is 9.85. The number of aryl methyl sites for hydroxylation is 2. The number of carbonyl (C=O) groups excluding carboxylic acids is 2. The van der Waals surface area contributed by atoms with E-state index in [4.69, 9.17) is 4.52 Å². The van der Waals surface area contributed by atoms with E-state index >= 15 is 0 Å². The SMILES string of the molecule is CNC(=O)[C@@H]1CN(C(=O)c2c(C)noc2C)CCN1CCc1ccccc1. The summed E-state index contributed by atoms with van der Waals surface area (Å²) in [7, 11) is 1.63. The normalized spacial score (nSPS) is 17.7.